The number of hydrogen-bond donors (Lipinski definition) is 1. The lowest BCUT2D eigenvalue weighted by Gasteiger charge is -2.28. The summed E-state index contributed by atoms with van der Waals surface area (Å²) < 4.78 is 16.1. The van der Waals surface area contributed by atoms with Gasteiger partial charge in [0, 0.05) is 18.1 Å². The number of carbonyl (C=O) groups is 3. The van der Waals surface area contributed by atoms with Gasteiger partial charge in [-0.2, -0.15) is 4.90 Å². The van der Waals surface area contributed by atoms with Crippen molar-refractivity contribution in [3.63, 3.8) is 0 Å². The lowest BCUT2D eigenvalue weighted by Crippen LogP contribution is -2.44. The predicted molar refractivity (Wildman–Crippen MR) is 139 cm³/mol. The third kappa shape index (κ3) is 9.28. The Labute approximate surface area is 209 Å². The second-order valence-electron chi connectivity index (χ2n) is 10.2. The summed E-state index contributed by atoms with van der Waals surface area (Å²) in [5.41, 5.74) is -0.839. The van der Waals surface area contributed by atoms with Crippen molar-refractivity contribution in [1.82, 2.24) is 10.3 Å². The third-order valence-electron chi connectivity index (χ3n) is 4.33. The molecule has 0 saturated heterocycles. The first-order valence-electron chi connectivity index (χ1n) is 11.2. The van der Waals surface area contributed by atoms with E-state index in [2.05, 4.69) is 22.8 Å². The zero-order chi connectivity index (χ0) is 26.4. The maximum atomic E-state index is 13.0. The van der Waals surface area contributed by atoms with Crippen LogP contribution in [0.2, 0.25) is 0 Å². The van der Waals surface area contributed by atoms with Gasteiger partial charge in [0.25, 0.3) is 0 Å². The van der Waals surface area contributed by atoms with Crippen LogP contribution in [0, 0.1) is 0 Å². The van der Waals surface area contributed by atoms with Crippen LogP contribution in [-0.2, 0) is 31.7 Å². The summed E-state index contributed by atoms with van der Waals surface area (Å²) in [6.07, 6.45) is 3.42. The monoisotopic (exact) mass is 506 g/mol. The average Bonchev–Trinajstić information content (AvgIpc) is 2.69. The van der Waals surface area contributed by atoms with Crippen molar-refractivity contribution < 1.29 is 28.6 Å². The number of aromatic nitrogens is 1. The van der Waals surface area contributed by atoms with Gasteiger partial charge in [0.1, 0.15) is 23.6 Å². The number of fused-ring (bicyclic) bond motifs is 1. The van der Waals surface area contributed by atoms with Crippen LogP contribution in [0.3, 0.4) is 0 Å². The van der Waals surface area contributed by atoms with Crippen molar-refractivity contribution in [2.75, 3.05) is 29.8 Å². The van der Waals surface area contributed by atoms with Gasteiger partial charge in [-0.1, -0.05) is 12.1 Å². The molecular weight excluding hydrogens is 470 g/mol. The molecule has 1 aromatic carbocycles. The number of pyridine rings is 1. The molecule has 2 aromatic rings. The molecule has 0 atom stereocenters. The largest absolute Gasteiger partial charge is 0.445 e. The van der Waals surface area contributed by atoms with Gasteiger partial charge in [-0.3, -0.25) is 0 Å². The second-order valence-corrected chi connectivity index (χ2v) is 12.5. The third-order valence-corrected chi connectivity index (χ3v) is 5.32. The molecule has 0 bridgehead atoms. The Kier molecular flexibility index (Phi) is 9.37. The molecule has 0 saturated carbocycles. The highest BCUT2D eigenvalue weighted by Crippen LogP contribution is 2.28. The van der Waals surface area contributed by atoms with Gasteiger partial charge in [-0.05, 0) is 75.5 Å². The highest BCUT2D eigenvalue weighted by Gasteiger charge is 2.34. The number of benzene rings is 1. The fourth-order valence-electron chi connectivity index (χ4n) is 2.89. The predicted octanol–water partition coefficient (Wildman–Crippen LogP) is 5.02. The van der Waals surface area contributed by atoms with E-state index < -0.39 is 29.5 Å². The number of nitrogens with one attached hydrogen (secondary N) is 1. The maximum absolute atomic E-state index is 13.0. The molecule has 9 nitrogen and oxygen atoms in total. The molecule has 0 radical (unpaired) electrons. The molecule has 0 aliphatic heterocycles. The molecule has 10 heteroatoms. The van der Waals surface area contributed by atoms with Crippen LogP contribution in [0.25, 0.3) is 10.8 Å². The van der Waals surface area contributed by atoms with Gasteiger partial charge >= 0.3 is 18.3 Å². The van der Waals surface area contributed by atoms with Gasteiger partial charge in [-0.15, -0.1) is 0 Å². The minimum atomic E-state index is -0.887. The van der Waals surface area contributed by atoms with Crippen LogP contribution in [-0.4, -0.2) is 59.3 Å². The average molecular weight is 507 g/mol. The standard InChI is InChI=1S/C25H35N3O6S/c1-24(2,3)33-22(30)28(23(31)34-25(4,5)6)20-19-10-9-17(15-18(19)11-12-26-20)16-27-21(29)32-13-14-35(7)8/h9-12,15H,13-14,16H2,1-8H3/p+1. The minimum Gasteiger partial charge on any atom is -0.445 e. The number of alkyl carbamates (subject to hydrolysis) is 1. The van der Waals surface area contributed by atoms with Crippen LogP contribution < -0.4 is 10.2 Å². The molecule has 1 heterocycles. The summed E-state index contributed by atoms with van der Waals surface area (Å²) in [6.45, 7) is 10.9. The molecule has 3 amide bonds. The highest BCUT2D eigenvalue weighted by molar-refractivity contribution is 7.95. The van der Waals surface area contributed by atoms with E-state index in [1.807, 2.05) is 6.07 Å². The summed E-state index contributed by atoms with van der Waals surface area (Å²) in [6, 6.07) is 7.12. The van der Waals surface area contributed by atoms with Crippen molar-refractivity contribution in [1.29, 1.82) is 0 Å². The molecular formula is C25H36N3O6S+. The summed E-state index contributed by atoms with van der Waals surface area (Å²) in [7, 11) is 0.207. The summed E-state index contributed by atoms with van der Waals surface area (Å²) >= 11 is 0. The lowest BCUT2D eigenvalue weighted by atomic mass is 10.1. The smallest absolute Gasteiger partial charge is 0.425 e. The van der Waals surface area contributed by atoms with Crippen molar-refractivity contribution in [3.05, 3.63) is 36.0 Å². The number of anilines is 1. The maximum Gasteiger partial charge on any atom is 0.425 e. The SMILES string of the molecule is C[S+](C)CCOC(=O)NCc1ccc2c(N(C(=O)OC(C)(C)C)C(=O)OC(C)(C)C)nccc2c1. The summed E-state index contributed by atoms with van der Waals surface area (Å²) in [5, 5.41) is 4.00. The number of imide groups is 1. The van der Waals surface area contributed by atoms with Gasteiger partial charge in [0.2, 0.25) is 0 Å². The number of hydrogen-bond acceptors (Lipinski definition) is 7. The Morgan fingerprint density at radius 1 is 0.971 bits per heavy atom. The summed E-state index contributed by atoms with van der Waals surface area (Å²) in [4.78, 5) is 43.0. The summed E-state index contributed by atoms with van der Waals surface area (Å²) in [5.74, 6) is 0.921. The lowest BCUT2D eigenvalue weighted by molar-refractivity contribution is 0.0429. The van der Waals surface area contributed by atoms with Crippen molar-refractivity contribution >= 4 is 45.8 Å². The fourth-order valence-corrected chi connectivity index (χ4v) is 3.31. The van der Waals surface area contributed by atoms with E-state index in [4.69, 9.17) is 14.2 Å². The van der Waals surface area contributed by atoms with Crippen molar-refractivity contribution in [3.8, 4) is 0 Å². The minimum absolute atomic E-state index is 0.0967. The molecule has 0 aliphatic rings. The molecule has 1 aromatic heterocycles. The Balaban J connectivity index is 2.31. The molecule has 0 aliphatic carbocycles. The molecule has 1 N–H and O–H groups in total. The van der Waals surface area contributed by atoms with Crippen LogP contribution in [0.4, 0.5) is 20.2 Å². The first-order chi connectivity index (χ1) is 16.2. The van der Waals surface area contributed by atoms with Gasteiger partial charge in [0.05, 0.1) is 12.5 Å². The molecule has 2 rings (SSSR count). The number of ether oxygens (including phenoxy) is 3. The Bertz CT molecular complexity index is 1030. The Morgan fingerprint density at radius 3 is 2.11 bits per heavy atom. The van der Waals surface area contributed by atoms with Gasteiger partial charge in [-0.25, -0.2) is 19.4 Å². The molecule has 192 valence electrons. The molecule has 0 spiro atoms. The van der Waals surface area contributed by atoms with E-state index in [0.29, 0.717) is 12.0 Å². The number of nitrogens with zero attached hydrogens (tertiary/aromatic N) is 2. The van der Waals surface area contributed by atoms with E-state index in [1.165, 1.54) is 6.20 Å². The van der Waals surface area contributed by atoms with Gasteiger partial charge in [0.15, 0.2) is 5.82 Å². The second kappa shape index (κ2) is 11.6. The van der Waals surface area contributed by atoms with E-state index in [9.17, 15) is 14.4 Å². The van der Waals surface area contributed by atoms with E-state index in [-0.39, 0.29) is 23.3 Å². The fraction of sp³-hybridized carbons (Fsp3) is 0.520. The quantitative estimate of drug-likeness (QED) is 0.433. The molecule has 35 heavy (non-hydrogen) atoms. The number of amides is 3. The van der Waals surface area contributed by atoms with Crippen molar-refractivity contribution in [2.45, 2.75) is 59.3 Å². The zero-order valence-electron chi connectivity index (χ0n) is 21.8. The van der Waals surface area contributed by atoms with E-state index in [0.717, 1.165) is 21.6 Å². The Morgan fingerprint density at radius 2 is 1.57 bits per heavy atom. The normalized spacial score (nSPS) is 11.8. The van der Waals surface area contributed by atoms with Gasteiger partial charge < -0.3 is 19.5 Å². The highest BCUT2D eigenvalue weighted by atomic mass is 32.2. The molecule has 0 fully saturated rings. The first-order valence-corrected chi connectivity index (χ1v) is 13.5. The Hall–Kier alpha value is -3.01. The van der Waals surface area contributed by atoms with E-state index >= 15 is 0 Å². The van der Waals surface area contributed by atoms with Crippen LogP contribution in [0.1, 0.15) is 47.1 Å². The van der Waals surface area contributed by atoms with Crippen LogP contribution >= 0.6 is 0 Å². The van der Waals surface area contributed by atoms with Crippen LogP contribution in [0.5, 0.6) is 0 Å². The van der Waals surface area contributed by atoms with Crippen molar-refractivity contribution in [2.24, 2.45) is 0 Å². The first kappa shape index (κ1) is 28.2. The topological polar surface area (TPSA) is 107 Å². The zero-order valence-corrected chi connectivity index (χ0v) is 22.6. The number of carbonyl (C=O) groups excluding carboxylic acids is 3. The number of rotatable bonds is 6. The van der Waals surface area contributed by atoms with Crippen LogP contribution in [0.15, 0.2) is 30.5 Å². The van der Waals surface area contributed by atoms with E-state index in [1.54, 1.807) is 59.7 Å². The molecule has 0 unspecified atom stereocenters.